The van der Waals surface area contributed by atoms with Crippen molar-refractivity contribution in [2.75, 3.05) is 13.1 Å². The van der Waals surface area contributed by atoms with Crippen molar-refractivity contribution < 1.29 is 0 Å². The number of nitrogens with zero attached hydrogens (tertiary/aromatic N) is 3. The standard InChI is InChI=1S/C9H13ClN4/c10-9-8(12-2-3-13-9)6-14-4-1-7(11)5-14/h2-3,7H,1,4-6,11H2/t7-/m1/s1. The molecule has 2 rings (SSSR count). The van der Waals surface area contributed by atoms with E-state index >= 15 is 0 Å². The lowest BCUT2D eigenvalue weighted by Crippen LogP contribution is -2.26. The van der Waals surface area contributed by atoms with Crippen molar-refractivity contribution in [3.8, 4) is 0 Å². The Morgan fingerprint density at radius 3 is 2.93 bits per heavy atom. The molecule has 0 saturated carbocycles. The Labute approximate surface area is 88.1 Å². The molecule has 1 aliphatic rings. The number of rotatable bonds is 2. The Balaban J connectivity index is 2.01. The lowest BCUT2D eigenvalue weighted by Gasteiger charge is -2.14. The van der Waals surface area contributed by atoms with E-state index in [1.807, 2.05) is 0 Å². The van der Waals surface area contributed by atoms with Gasteiger partial charge in [-0.15, -0.1) is 0 Å². The van der Waals surface area contributed by atoms with Crippen LogP contribution in [-0.4, -0.2) is 34.0 Å². The van der Waals surface area contributed by atoms with Gasteiger partial charge in [0.25, 0.3) is 0 Å². The van der Waals surface area contributed by atoms with Crippen molar-refractivity contribution in [2.45, 2.75) is 19.0 Å². The van der Waals surface area contributed by atoms with E-state index in [2.05, 4.69) is 14.9 Å². The van der Waals surface area contributed by atoms with Crippen LogP contribution in [0.25, 0.3) is 0 Å². The average molecular weight is 213 g/mol. The molecule has 76 valence electrons. The van der Waals surface area contributed by atoms with E-state index in [9.17, 15) is 0 Å². The molecule has 1 aliphatic heterocycles. The lowest BCUT2D eigenvalue weighted by molar-refractivity contribution is 0.322. The van der Waals surface area contributed by atoms with Crippen LogP contribution in [0.15, 0.2) is 12.4 Å². The molecule has 1 aromatic heterocycles. The summed E-state index contributed by atoms with van der Waals surface area (Å²) in [6.45, 7) is 2.70. The van der Waals surface area contributed by atoms with Crippen molar-refractivity contribution >= 4 is 11.6 Å². The molecular formula is C9H13ClN4. The van der Waals surface area contributed by atoms with Gasteiger partial charge in [0.15, 0.2) is 5.15 Å². The molecule has 0 aromatic carbocycles. The Hall–Kier alpha value is -0.710. The van der Waals surface area contributed by atoms with Gasteiger partial charge in [-0.25, -0.2) is 4.98 Å². The maximum atomic E-state index is 5.91. The minimum Gasteiger partial charge on any atom is -0.326 e. The second kappa shape index (κ2) is 4.21. The van der Waals surface area contributed by atoms with E-state index in [4.69, 9.17) is 17.3 Å². The van der Waals surface area contributed by atoms with Crippen LogP contribution in [0.1, 0.15) is 12.1 Å². The van der Waals surface area contributed by atoms with Gasteiger partial charge in [0.1, 0.15) is 0 Å². The third-order valence-electron chi connectivity index (χ3n) is 2.41. The highest BCUT2D eigenvalue weighted by Gasteiger charge is 2.20. The van der Waals surface area contributed by atoms with Crippen molar-refractivity contribution in [1.82, 2.24) is 14.9 Å². The predicted octanol–water partition coefficient (Wildman–Crippen LogP) is 0.663. The number of nitrogens with two attached hydrogens (primary N) is 1. The van der Waals surface area contributed by atoms with E-state index in [-0.39, 0.29) is 0 Å². The molecule has 0 radical (unpaired) electrons. The largest absolute Gasteiger partial charge is 0.326 e. The lowest BCUT2D eigenvalue weighted by atomic mass is 10.3. The monoisotopic (exact) mass is 212 g/mol. The topological polar surface area (TPSA) is 55.0 Å². The number of hydrogen-bond donors (Lipinski definition) is 1. The molecule has 4 nitrogen and oxygen atoms in total. The fraction of sp³-hybridized carbons (Fsp3) is 0.556. The summed E-state index contributed by atoms with van der Waals surface area (Å²) in [5.41, 5.74) is 6.64. The van der Waals surface area contributed by atoms with Crippen molar-refractivity contribution in [3.05, 3.63) is 23.2 Å². The first-order valence-corrected chi connectivity index (χ1v) is 5.07. The molecule has 1 aromatic rings. The summed E-state index contributed by atoms with van der Waals surface area (Å²) in [5, 5.41) is 0.493. The third-order valence-corrected chi connectivity index (χ3v) is 2.72. The zero-order chi connectivity index (χ0) is 9.97. The van der Waals surface area contributed by atoms with Gasteiger partial charge in [-0.3, -0.25) is 9.88 Å². The summed E-state index contributed by atoms with van der Waals surface area (Å²) in [5.74, 6) is 0. The molecule has 1 atom stereocenters. The highest BCUT2D eigenvalue weighted by Crippen LogP contribution is 2.15. The highest BCUT2D eigenvalue weighted by atomic mass is 35.5. The minimum atomic E-state index is 0.297. The summed E-state index contributed by atoms with van der Waals surface area (Å²) < 4.78 is 0. The molecule has 0 aliphatic carbocycles. The van der Waals surface area contributed by atoms with Gasteiger partial charge < -0.3 is 5.73 Å². The summed E-state index contributed by atoms with van der Waals surface area (Å²) in [6, 6.07) is 0.297. The van der Waals surface area contributed by atoms with Crippen LogP contribution >= 0.6 is 11.6 Å². The molecule has 0 unspecified atom stereocenters. The molecule has 5 heteroatoms. The summed E-state index contributed by atoms with van der Waals surface area (Å²) in [4.78, 5) is 10.4. The number of halogens is 1. The van der Waals surface area contributed by atoms with Gasteiger partial charge in [-0.05, 0) is 6.42 Å². The van der Waals surface area contributed by atoms with Crippen LogP contribution in [0.4, 0.5) is 0 Å². The zero-order valence-electron chi connectivity index (χ0n) is 7.86. The van der Waals surface area contributed by atoms with Gasteiger partial charge in [0, 0.05) is 38.1 Å². The van der Waals surface area contributed by atoms with Gasteiger partial charge in [0.2, 0.25) is 0 Å². The second-order valence-electron chi connectivity index (χ2n) is 3.58. The molecule has 0 bridgehead atoms. The molecular weight excluding hydrogens is 200 g/mol. The summed E-state index contributed by atoms with van der Waals surface area (Å²) in [7, 11) is 0. The van der Waals surface area contributed by atoms with Gasteiger partial charge >= 0.3 is 0 Å². The molecule has 1 saturated heterocycles. The van der Waals surface area contributed by atoms with E-state index in [1.54, 1.807) is 12.4 Å². The molecule has 14 heavy (non-hydrogen) atoms. The van der Waals surface area contributed by atoms with Gasteiger partial charge in [-0.2, -0.15) is 0 Å². The molecule has 0 amide bonds. The number of likely N-dealkylation sites (tertiary alicyclic amines) is 1. The van der Waals surface area contributed by atoms with Crippen LogP contribution in [-0.2, 0) is 6.54 Å². The summed E-state index contributed by atoms with van der Waals surface area (Å²) in [6.07, 6.45) is 4.32. The fourth-order valence-corrected chi connectivity index (χ4v) is 1.84. The fourth-order valence-electron chi connectivity index (χ4n) is 1.67. The van der Waals surface area contributed by atoms with Crippen molar-refractivity contribution in [2.24, 2.45) is 5.73 Å². The highest BCUT2D eigenvalue weighted by molar-refractivity contribution is 6.29. The average Bonchev–Trinajstić information content (AvgIpc) is 2.56. The van der Waals surface area contributed by atoms with E-state index in [0.717, 1.165) is 31.7 Å². The normalized spacial score (nSPS) is 22.9. The second-order valence-corrected chi connectivity index (χ2v) is 3.94. The molecule has 2 N–H and O–H groups in total. The number of aromatic nitrogens is 2. The molecule has 1 fully saturated rings. The van der Waals surface area contributed by atoms with Crippen molar-refractivity contribution in [1.29, 1.82) is 0 Å². The first kappa shape index (κ1) is 9.83. The minimum absolute atomic E-state index is 0.297. The van der Waals surface area contributed by atoms with Crippen LogP contribution < -0.4 is 5.73 Å². The van der Waals surface area contributed by atoms with Crippen LogP contribution in [0.5, 0.6) is 0 Å². The van der Waals surface area contributed by atoms with Crippen LogP contribution in [0.2, 0.25) is 5.15 Å². The number of hydrogen-bond acceptors (Lipinski definition) is 4. The molecule has 2 heterocycles. The van der Waals surface area contributed by atoms with Crippen LogP contribution in [0, 0.1) is 0 Å². The third kappa shape index (κ3) is 2.20. The quantitative estimate of drug-likeness (QED) is 0.783. The van der Waals surface area contributed by atoms with E-state index < -0.39 is 0 Å². The Kier molecular flexibility index (Phi) is 2.96. The maximum absolute atomic E-state index is 5.91. The SMILES string of the molecule is N[C@@H]1CCN(Cc2nccnc2Cl)C1. The zero-order valence-corrected chi connectivity index (χ0v) is 8.61. The smallest absolute Gasteiger partial charge is 0.151 e. The Morgan fingerprint density at radius 2 is 2.29 bits per heavy atom. The summed E-state index contributed by atoms with van der Waals surface area (Å²) >= 11 is 5.91. The molecule has 0 spiro atoms. The van der Waals surface area contributed by atoms with Gasteiger partial charge in [-0.1, -0.05) is 11.6 Å². The first-order chi connectivity index (χ1) is 6.75. The Bertz CT molecular complexity index is 317. The van der Waals surface area contributed by atoms with Crippen molar-refractivity contribution in [3.63, 3.8) is 0 Å². The van der Waals surface area contributed by atoms with Crippen LogP contribution in [0.3, 0.4) is 0 Å². The van der Waals surface area contributed by atoms with E-state index in [1.165, 1.54) is 0 Å². The Morgan fingerprint density at radius 1 is 1.50 bits per heavy atom. The van der Waals surface area contributed by atoms with E-state index in [0.29, 0.717) is 11.2 Å². The first-order valence-electron chi connectivity index (χ1n) is 4.69. The van der Waals surface area contributed by atoms with Gasteiger partial charge in [0.05, 0.1) is 5.69 Å². The maximum Gasteiger partial charge on any atom is 0.151 e. The predicted molar refractivity (Wildman–Crippen MR) is 54.9 cm³/mol.